The Balaban J connectivity index is 1.55. The molecule has 29 heteroatoms. The van der Waals surface area contributed by atoms with Gasteiger partial charge in [0, 0.05) is 79.8 Å². The van der Waals surface area contributed by atoms with E-state index in [1.54, 1.807) is 42.6 Å². The fourth-order valence-electron chi connectivity index (χ4n) is 8.05. The molecule has 0 spiro atoms. The summed E-state index contributed by atoms with van der Waals surface area (Å²) in [5.74, 6) is -7.96. The normalized spacial score (nSPS) is 21.7. The summed E-state index contributed by atoms with van der Waals surface area (Å²) in [6, 6.07) is 5.16. The number of nitrogens with one attached hydrogen (secondary N) is 10. The number of hydrogen-bond donors (Lipinski definition) is 15. The van der Waals surface area contributed by atoms with Crippen LogP contribution in [0, 0.1) is 0 Å². The third-order valence-corrected chi connectivity index (χ3v) is 14.5. The molecule has 5 rings (SSSR count). The summed E-state index contributed by atoms with van der Waals surface area (Å²) in [7, 11) is 2.02. The Morgan fingerprint density at radius 2 is 1.27 bits per heavy atom. The molecule has 1 fully saturated rings. The predicted octanol–water partition coefficient (Wildman–Crippen LogP) is -3.18. The number of hydrogen-bond acceptors (Lipinski definition) is 14. The molecule has 1 aliphatic rings. The van der Waals surface area contributed by atoms with Gasteiger partial charge >= 0.3 is 0 Å². The van der Waals surface area contributed by atoms with E-state index in [0.29, 0.717) is 16.8 Å². The fourth-order valence-corrected chi connectivity index (χ4v) is 10.4. The number of fused-ring (bicyclic) bond motifs is 1. The van der Waals surface area contributed by atoms with Crippen LogP contribution >= 0.6 is 21.6 Å². The van der Waals surface area contributed by atoms with Gasteiger partial charge in [0.15, 0.2) is 11.9 Å². The number of imidazole rings is 1. The van der Waals surface area contributed by atoms with Crippen LogP contribution in [0.15, 0.2) is 83.3 Å². The van der Waals surface area contributed by atoms with Crippen molar-refractivity contribution in [2.75, 3.05) is 24.6 Å². The number of carbonyl (C=O) groups excluding carboxylic acids is 9. The molecule has 27 nitrogen and oxygen atoms in total. The SMILES string of the molecule is CC(=O)NC(CCCN=C(N)N)C(=O)N[C@H]1CSSC[C@@H](C(N)=O)NC(=O)[C@H](Cc2c[nH]c3ccccc23)NC(=O)[C@H](CCCN=C(N)N)NC(=O)[C@@H](Cc2ccccc2)NC(=O)[C@H](Cc2cnc[nH]2)NC(=O)[C@@H](C)NC1=O. The van der Waals surface area contributed by atoms with Gasteiger partial charge in [-0.3, -0.25) is 53.1 Å². The van der Waals surface area contributed by atoms with Gasteiger partial charge in [0.2, 0.25) is 53.2 Å². The first-order chi connectivity index (χ1) is 37.3. The second-order valence-corrected chi connectivity index (χ2v) is 20.8. The first-order valence-corrected chi connectivity index (χ1v) is 27.4. The molecule has 2 aromatic heterocycles. The lowest BCUT2D eigenvalue weighted by Crippen LogP contribution is -2.61. The molecule has 20 N–H and O–H groups in total. The number of H-pyrrole nitrogens is 2. The van der Waals surface area contributed by atoms with Gasteiger partial charge in [-0.2, -0.15) is 0 Å². The highest BCUT2D eigenvalue weighted by molar-refractivity contribution is 8.76. The second-order valence-electron chi connectivity index (χ2n) is 18.3. The number of amides is 9. The minimum atomic E-state index is -1.40. The van der Waals surface area contributed by atoms with Crippen molar-refractivity contribution in [2.45, 2.75) is 107 Å². The maximum atomic E-state index is 14.6. The number of nitrogens with zero attached hydrogens (tertiary/aromatic N) is 3. The van der Waals surface area contributed by atoms with Crippen LogP contribution in [0.1, 0.15) is 56.4 Å². The molecule has 9 amide bonds. The molecule has 4 aromatic rings. The van der Waals surface area contributed by atoms with Gasteiger partial charge in [0.05, 0.1) is 6.33 Å². The van der Waals surface area contributed by atoms with Crippen LogP contribution in [0.3, 0.4) is 0 Å². The quantitative estimate of drug-likeness (QED) is 0.0202. The van der Waals surface area contributed by atoms with Crippen molar-refractivity contribution in [3.8, 4) is 0 Å². The minimum Gasteiger partial charge on any atom is -0.370 e. The molecule has 78 heavy (non-hydrogen) atoms. The summed E-state index contributed by atoms with van der Waals surface area (Å²) in [5.41, 5.74) is 30.3. The van der Waals surface area contributed by atoms with Crippen LogP contribution in [0.2, 0.25) is 0 Å². The summed E-state index contributed by atoms with van der Waals surface area (Å²) in [6.07, 6.45) is 4.53. The van der Waals surface area contributed by atoms with E-state index in [-0.39, 0.29) is 81.5 Å². The van der Waals surface area contributed by atoms with E-state index in [2.05, 4.69) is 67.5 Å². The topological polar surface area (TPSA) is 449 Å². The molecule has 0 saturated carbocycles. The van der Waals surface area contributed by atoms with Crippen molar-refractivity contribution >= 4 is 97.6 Å². The summed E-state index contributed by atoms with van der Waals surface area (Å²) in [4.78, 5) is 144. The number of carbonyl (C=O) groups is 9. The average Bonchev–Trinajstić information content (AvgIpc) is 4.10. The zero-order chi connectivity index (χ0) is 56.7. The van der Waals surface area contributed by atoms with Crippen LogP contribution in [0.5, 0.6) is 0 Å². The standard InChI is InChI=1S/C49H68N18O9S2/c1-26-41(70)63-37(20-30-22-55-25-59-30)46(75)64-35(18-28-10-4-3-5-11-28)44(73)62-34(15-9-17-57-49(53)54)43(72)65-36(19-29-21-58-32-13-7-6-12-31(29)32)45(74)66-38(40(50)69)23-77-78-24-39(47(76)60-26)67-42(71)33(61-27(2)68)14-8-16-56-48(51)52/h3-7,10-13,21-22,25-26,33-39,58H,8-9,14-20,23-24H2,1-2H3,(H2,50,69)(H,55,59)(H,60,76)(H,61,68)(H,62,73)(H,63,70)(H,64,75)(H,65,72)(H,66,74)(H,67,71)(H4,51,52,56)(H4,53,54,57)/t26-,33?,34+,35-,36+,37+,38+,39+/m1/s1. The second kappa shape index (κ2) is 30.4. The number of guanidine groups is 2. The van der Waals surface area contributed by atoms with E-state index < -0.39 is 101 Å². The van der Waals surface area contributed by atoms with E-state index in [0.717, 1.165) is 32.5 Å². The van der Waals surface area contributed by atoms with Gasteiger partial charge in [-0.1, -0.05) is 70.1 Å². The number of para-hydroxylation sites is 1. The van der Waals surface area contributed by atoms with Crippen molar-refractivity contribution in [3.63, 3.8) is 0 Å². The van der Waals surface area contributed by atoms with Crippen LogP contribution in [-0.2, 0) is 62.4 Å². The lowest BCUT2D eigenvalue weighted by molar-refractivity contribution is -0.135. The van der Waals surface area contributed by atoms with E-state index in [4.69, 9.17) is 28.7 Å². The van der Waals surface area contributed by atoms with Crippen LogP contribution in [0.4, 0.5) is 0 Å². The molecule has 1 aliphatic heterocycles. The molecule has 0 radical (unpaired) electrons. The third-order valence-electron chi connectivity index (χ3n) is 12.1. The molecule has 2 aromatic carbocycles. The third kappa shape index (κ3) is 19.7. The van der Waals surface area contributed by atoms with Crippen molar-refractivity contribution < 1.29 is 43.2 Å². The van der Waals surface area contributed by atoms with Crippen molar-refractivity contribution in [2.24, 2.45) is 38.7 Å². The van der Waals surface area contributed by atoms with Crippen LogP contribution in [0.25, 0.3) is 10.9 Å². The van der Waals surface area contributed by atoms with Gasteiger partial charge < -0.3 is 81.2 Å². The Kier molecular flexibility index (Phi) is 23.6. The molecular weight excluding hydrogens is 1050 g/mol. The highest BCUT2D eigenvalue weighted by Crippen LogP contribution is 2.24. The molecule has 1 saturated heterocycles. The van der Waals surface area contributed by atoms with Crippen molar-refractivity contribution in [1.29, 1.82) is 0 Å². The summed E-state index contributed by atoms with van der Waals surface area (Å²) >= 11 is 0. The number of rotatable bonds is 18. The highest BCUT2D eigenvalue weighted by atomic mass is 33.1. The molecule has 3 heterocycles. The minimum absolute atomic E-state index is 0.0573. The molecule has 420 valence electrons. The number of aromatic nitrogens is 3. The summed E-state index contributed by atoms with van der Waals surface area (Å²) in [5, 5.41) is 22.1. The molecule has 1 unspecified atom stereocenters. The Hall–Kier alpha value is -8.34. The zero-order valence-electron chi connectivity index (χ0n) is 43.0. The molecule has 0 aliphatic carbocycles. The maximum absolute atomic E-state index is 14.6. The highest BCUT2D eigenvalue weighted by Gasteiger charge is 2.35. The summed E-state index contributed by atoms with van der Waals surface area (Å²) < 4.78 is 0. The van der Waals surface area contributed by atoms with Gasteiger partial charge in [-0.25, -0.2) is 4.98 Å². The first kappa shape index (κ1) is 60.5. The molecule has 0 bridgehead atoms. The van der Waals surface area contributed by atoms with E-state index in [1.165, 1.54) is 26.4 Å². The largest absolute Gasteiger partial charge is 0.370 e. The van der Waals surface area contributed by atoms with Crippen LogP contribution in [-0.4, -0.2) is 153 Å². The smallest absolute Gasteiger partial charge is 0.244 e. The molecule has 8 atom stereocenters. The number of primary amides is 1. The summed E-state index contributed by atoms with van der Waals surface area (Å²) in [6.45, 7) is 2.74. The van der Waals surface area contributed by atoms with Crippen LogP contribution < -0.4 is 71.2 Å². The van der Waals surface area contributed by atoms with Gasteiger partial charge in [-0.05, 0) is 49.8 Å². The predicted molar refractivity (Wildman–Crippen MR) is 295 cm³/mol. The zero-order valence-corrected chi connectivity index (χ0v) is 44.7. The Morgan fingerprint density at radius 3 is 1.92 bits per heavy atom. The van der Waals surface area contributed by atoms with Crippen molar-refractivity contribution in [1.82, 2.24) is 57.5 Å². The van der Waals surface area contributed by atoms with E-state index in [9.17, 15) is 43.2 Å². The first-order valence-electron chi connectivity index (χ1n) is 24.9. The Morgan fingerprint density at radius 1 is 0.679 bits per heavy atom. The van der Waals surface area contributed by atoms with Crippen molar-refractivity contribution in [3.05, 3.63) is 90.1 Å². The van der Waals surface area contributed by atoms with Gasteiger partial charge in [0.1, 0.15) is 48.3 Å². The Labute approximate surface area is 457 Å². The Bertz CT molecular complexity index is 2770. The number of benzene rings is 2. The number of aromatic amines is 2. The lowest BCUT2D eigenvalue weighted by atomic mass is 10.0. The lowest BCUT2D eigenvalue weighted by Gasteiger charge is -2.27. The van der Waals surface area contributed by atoms with Gasteiger partial charge in [0.25, 0.3) is 0 Å². The van der Waals surface area contributed by atoms with E-state index in [1.807, 2.05) is 18.2 Å². The van der Waals surface area contributed by atoms with Gasteiger partial charge in [-0.15, -0.1) is 0 Å². The number of nitrogens with two attached hydrogens (primary N) is 5. The fraction of sp³-hybridized carbons (Fsp3) is 0.429. The number of aliphatic imine (C=N–C) groups is 2. The molecular formula is C49H68N18O9S2. The maximum Gasteiger partial charge on any atom is 0.244 e. The van der Waals surface area contributed by atoms with E-state index >= 15 is 0 Å². The monoisotopic (exact) mass is 1120 g/mol. The average molecular weight is 1120 g/mol.